The van der Waals surface area contributed by atoms with Crippen molar-refractivity contribution in [1.29, 1.82) is 0 Å². The number of carbonyl (C=O) groups excluding carboxylic acids is 1. The van der Waals surface area contributed by atoms with Gasteiger partial charge in [0.05, 0.1) is 0 Å². The molecule has 3 N–H and O–H groups in total. The van der Waals surface area contributed by atoms with Gasteiger partial charge in [0, 0.05) is 29.7 Å². The summed E-state index contributed by atoms with van der Waals surface area (Å²) < 4.78 is 2.30. The first kappa shape index (κ1) is 22.9. The standard InChI is InChI=1S/C22H24N4O.2ClH/c1-22(23,17-7-3-2-4-8-17)21(27)25-18-12-10-16(11-13-18)20-24-15-19-9-5-6-14-26(19)20;;/h2-4,7-8,10-13,15H,5-6,9,14,23H2,1H3,(H,25,27);2*1H. The second-order valence-electron chi connectivity index (χ2n) is 7.28. The fourth-order valence-corrected chi connectivity index (χ4v) is 3.55. The molecule has 0 saturated heterocycles. The van der Waals surface area contributed by atoms with E-state index in [4.69, 9.17) is 5.73 Å². The molecule has 0 bridgehead atoms. The maximum Gasteiger partial charge on any atom is 0.248 e. The molecule has 1 unspecified atom stereocenters. The van der Waals surface area contributed by atoms with Gasteiger partial charge in [0.1, 0.15) is 11.4 Å². The van der Waals surface area contributed by atoms with E-state index in [1.54, 1.807) is 6.92 Å². The van der Waals surface area contributed by atoms with Gasteiger partial charge in [0.2, 0.25) is 5.91 Å². The van der Waals surface area contributed by atoms with Crippen molar-refractivity contribution in [3.05, 3.63) is 72.1 Å². The number of hydrogen-bond donors (Lipinski definition) is 2. The third-order valence-electron chi connectivity index (χ3n) is 5.25. The Morgan fingerprint density at radius 1 is 1.07 bits per heavy atom. The summed E-state index contributed by atoms with van der Waals surface area (Å²) in [7, 11) is 0. The summed E-state index contributed by atoms with van der Waals surface area (Å²) in [6.07, 6.45) is 5.49. The zero-order valence-electron chi connectivity index (χ0n) is 16.3. The van der Waals surface area contributed by atoms with Crippen LogP contribution in [-0.2, 0) is 23.3 Å². The number of amides is 1. The molecule has 3 aromatic rings. The summed E-state index contributed by atoms with van der Waals surface area (Å²) in [6.45, 7) is 2.74. The number of anilines is 1. The van der Waals surface area contributed by atoms with Crippen LogP contribution in [0.2, 0.25) is 0 Å². The van der Waals surface area contributed by atoms with Gasteiger partial charge in [-0.3, -0.25) is 4.79 Å². The Hall–Kier alpha value is -2.34. The van der Waals surface area contributed by atoms with Crippen molar-refractivity contribution < 1.29 is 4.79 Å². The second-order valence-corrected chi connectivity index (χ2v) is 7.28. The van der Waals surface area contributed by atoms with E-state index >= 15 is 0 Å². The van der Waals surface area contributed by atoms with Crippen molar-refractivity contribution in [2.45, 2.75) is 38.3 Å². The van der Waals surface area contributed by atoms with Gasteiger partial charge in [-0.2, -0.15) is 0 Å². The van der Waals surface area contributed by atoms with E-state index in [2.05, 4.69) is 14.9 Å². The first-order chi connectivity index (χ1) is 13.1. The number of nitrogens with zero attached hydrogens (tertiary/aromatic N) is 2. The third-order valence-corrected chi connectivity index (χ3v) is 5.25. The molecule has 1 atom stereocenters. The largest absolute Gasteiger partial charge is 0.328 e. The summed E-state index contributed by atoms with van der Waals surface area (Å²) in [5.74, 6) is 0.759. The summed E-state index contributed by atoms with van der Waals surface area (Å²) in [5.41, 5.74) is 9.05. The molecule has 0 spiro atoms. The molecule has 2 aromatic carbocycles. The SMILES string of the molecule is CC(N)(C(=O)Nc1ccc(-c2ncc3n2CCCC3)cc1)c1ccccc1.Cl.Cl. The van der Waals surface area contributed by atoms with Crippen molar-refractivity contribution in [2.24, 2.45) is 5.73 Å². The van der Waals surface area contributed by atoms with Crippen LogP contribution in [0.4, 0.5) is 5.69 Å². The zero-order chi connectivity index (χ0) is 18.9. The topological polar surface area (TPSA) is 72.9 Å². The Morgan fingerprint density at radius 2 is 1.76 bits per heavy atom. The maximum absolute atomic E-state index is 12.7. The van der Waals surface area contributed by atoms with Crippen LogP contribution in [0, 0.1) is 0 Å². The van der Waals surface area contributed by atoms with Crippen LogP contribution in [0.25, 0.3) is 11.4 Å². The number of nitrogens with two attached hydrogens (primary N) is 1. The maximum atomic E-state index is 12.7. The first-order valence-electron chi connectivity index (χ1n) is 9.36. The first-order valence-corrected chi connectivity index (χ1v) is 9.36. The highest BCUT2D eigenvalue weighted by Gasteiger charge is 2.30. The Bertz CT molecular complexity index is 953. The average Bonchev–Trinajstić information content (AvgIpc) is 3.13. The highest BCUT2D eigenvalue weighted by molar-refractivity contribution is 5.98. The number of halogens is 2. The minimum Gasteiger partial charge on any atom is -0.328 e. The van der Waals surface area contributed by atoms with Gasteiger partial charge in [-0.05, 0) is 56.0 Å². The number of rotatable bonds is 4. The number of nitrogens with one attached hydrogen (secondary N) is 1. The Morgan fingerprint density at radius 3 is 2.45 bits per heavy atom. The third kappa shape index (κ3) is 4.64. The molecule has 0 saturated carbocycles. The van der Waals surface area contributed by atoms with Crippen LogP contribution >= 0.6 is 24.8 Å². The predicted octanol–water partition coefficient (Wildman–Crippen LogP) is 4.54. The number of hydrogen-bond acceptors (Lipinski definition) is 3. The molecule has 154 valence electrons. The molecule has 0 radical (unpaired) electrons. The molecule has 29 heavy (non-hydrogen) atoms. The van der Waals surface area contributed by atoms with Gasteiger partial charge in [0.25, 0.3) is 0 Å². The molecule has 0 fully saturated rings. The van der Waals surface area contributed by atoms with E-state index < -0.39 is 5.54 Å². The number of fused-ring (bicyclic) bond motifs is 1. The number of aromatic nitrogens is 2. The van der Waals surface area contributed by atoms with Crippen molar-refractivity contribution >= 4 is 36.4 Å². The second kappa shape index (κ2) is 9.44. The lowest BCUT2D eigenvalue weighted by atomic mass is 9.92. The van der Waals surface area contributed by atoms with Gasteiger partial charge in [-0.1, -0.05) is 30.3 Å². The monoisotopic (exact) mass is 432 g/mol. The molecule has 1 aliphatic rings. The van der Waals surface area contributed by atoms with Gasteiger partial charge in [-0.25, -0.2) is 4.98 Å². The van der Waals surface area contributed by atoms with Crippen LogP contribution in [0.1, 0.15) is 31.0 Å². The predicted molar refractivity (Wildman–Crippen MR) is 122 cm³/mol. The normalized spacial score (nSPS) is 14.6. The molecule has 4 rings (SSSR count). The van der Waals surface area contributed by atoms with Crippen LogP contribution < -0.4 is 11.1 Å². The number of benzene rings is 2. The minimum atomic E-state index is -1.10. The van der Waals surface area contributed by atoms with Gasteiger partial charge in [0.15, 0.2) is 0 Å². The van der Waals surface area contributed by atoms with E-state index in [-0.39, 0.29) is 30.7 Å². The van der Waals surface area contributed by atoms with Gasteiger partial charge < -0.3 is 15.6 Å². The van der Waals surface area contributed by atoms with E-state index in [0.717, 1.165) is 35.6 Å². The molecule has 1 aromatic heterocycles. The summed E-state index contributed by atoms with van der Waals surface area (Å²) in [4.78, 5) is 17.3. The highest BCUT2D eigenvalue weighted by atomic mass is 35.5. The fourth-order valence-electron chi connectivity index (χ4n) is 3.55. The number of imidazole rings is 1. The van der Waals surface area contributed by atoms with Gasteiger partial charge in [-0.15, -0.1) is 24.8 Å². The molecular weight excluding hydrogens is 407 g/mol. The Labute approximate surface area is 183 Å². The number of aryl methyl sites for hydroxylation is 1. The lowest BCUT2D eigenvalue weighted by Crippen LogP contribution is -2.45. The molecule has 0 aliphatic carbocycles. The summed E-state index contributed by atoms with van der Waals surface area (Å²) in [6, 6.07) is 17.2. The zero-order valence-corrected chi connectivity index (χ0v) is 17.9. The lowest BCUT2D eigenvalue weighted by Gasteiger charge is -2.24. The summed E-state index contributed by atoms with van der Waals surface area (Å²) in [5, 5.41) is 2.92. The van der Waals surface area contributed by atoms with Gasteiger partial charge >= 0.3 is 0 Å². The molecule has 5 nitrogen and oxygen atoms in total. The Balaban J connectivity index is 0.00000150. The quantitative estimate of drug-likeness (QED) is 0.635. The van der Waals surface area contributed by atoms with E-state index in [9.17, 15) is 4.79 Å². The smallest absolute Gasteiger partial charge is 0.248 e. The molecule has 1 amide bonds. The van der Waals surface area contributed by atoms with Crippen molar-refractivity contribution in [3.8, 4) is 11.4 Å². The van der Waals surface area contributed by atoms with Crippen molar-refractivity contribution in [2.75, 3.05) is 5.32 Å². The lowest BCUT2D eigenvalue weighted by molar-refractivity contribution is -0.120. The van der Waals surface area contributed by atoms with E-state index in [0.29, 0.717) is 0 Å². The molecule has 1 aliphatic heterocycles. The van der Waals surface area contributed by atoms with Crippen LogP contribution in [0.5, 0.6) is 0 Å². The fraction of sp³-hybridized carbons (Fsp3) is 0.273. The van der Waals surface area contributed by atoms with Crippen molar-refractivity contribution in [3.63, 3.8) is 0 Å². The van der Waals surface area contributed by atoms with Crippen LogP contribution in [-0.4, -0.2) is 15.5 Å². The average molecular weight is 433 g/mol. The van der Waals surface area contributed by atoms with Crippen LogP contribution in [0.15, 0.2) is 60.8 Å². The van der Waals surface area contributed by atoms with E-state index in [1.807, 2.05) is 60.8 Å². The summed E-state index contributed by atoms with van der Waals surface area (Å²) >= 11 is 0. The highest BCUT2D eigenvalue weighted by Crippen LogP contribution is 2.26. The van der Waals surface area contributed by atoms with Crippen LogP contribution in [0.3, 0.4) is 0 Å². The molecular formula is C22H26Cl2N4O. The van der Waals surface area contributed by atoms with E-state index in [1.165, 1.54) is 18.5 Å². The Kier molecular flexibility index (Phi) is 7.47. The molecule has 7 heteroatoms. The minimum absolute atomic E-state index is 0. The molecule has 2 heterocycles. The van der Waals surface area contributed by atoms with Crippen molar-refractivity contribution in [1.82, 2.24) is 9.55 Å². The number of carbonyl (C=O) groups is 1.